The number of Topliss-reactive ketones (excluding diaryl/α,β-unsaturated/α-hetero) is 1. The van der Waals surface area contributed by atoms with E-state index in [1.54, 1.807) is 4.90 Å². The van der Waals surface area contributed by atoms with Gasteiger partial charge in [0.2, 0.25) is 5.91 Å². The van der Waals surface area contributed by atoms with Gasteiger partial charge in [-0.05, 0) is 25.5 Å². The smallest absolute Gasteiger partial charge is 0.237 e. The van der Waals surface area contributed by atoms with Crippen molar-refractivity contribution in [3.63, 3.8) is 0 Å². The number of rotatable bonds is 3. The van der Waals surface area contributed by atoms with Crippen molar-refractivity contribution in [1.82, 2.24) is 4.90 Å². The molecule has 1 unspecified atom stereocenters. The van der Waals surface area contributed by atoms with Crippen LogP contribution in [0.25, 0.3) is 0 Å². The van der Waals surface area contributed by atoms with Crippen LogP contribution in [-0.2, 0) is 9.59 Å². The summed E-state index contributed by atoms with van der Waals surface area (Å²) in [7, 11) is 0. The molecule has 2 aliphatic rings. The summed E-state index contributed by atoms with van der Waals surface area (Å²) in [5, 5.41) is 0. The Labute approximate surface area is 96.5 Å². The highest BCUT2D eigenvalue weighted by molar-refractivity contribution is 6.03. The molecule has 0 spiro atoms. The Bertz CT molecular complexity index is 305. The van der Waals surface area contributed by atoms with Crippen molar-refractivity contribution in [3.8, 4) is 0 Å². The summed E-state index contributed by atoms with van der Waals surface area (Å²) < 4.78 is 0. The van der Waals surface area contributed by atoms with E-state index in [0.717, 1.165) is 25.7 Å². The third kappa shape index (κ3) is 2.04. The number of likely N-dealkylation sites (tertiary alicyclic amines) is 1. The van der Waals surface area contributed by atoms with Crippen LogP contribution in [0.2, 0.25) is 0 Å². The molecule has 1 atom stereocenters. The Kier molecular flexibility index (Phi) is 3.42. The van der Waals surface area contributed by atoms with Gasteiger partial charge in [-0.3, -0.25) is 9.59 Å². The molecule has 2 rings (SSSR count). The number of amides is 1. The van der Waals surface area contributed by atoms with Gasteiger partial charge < -0.3 is 4.90 Å². The van der Waals surface area contributed by atoms with Crippen LogP contribution in [0.4, 0.5) is 0 Å². The van der Waals surface area contributed by atoms with E-state index in [4.69, 9.17) is 0 Å². The maximum absolute atomic E-state index is 12.2. The summed E-state index contributed by atoms with van der Waals surface area (Å²) >= 11 is 0. The van der Waals surface area contributed by atoms with Gasteiger partial charge in [-0.15, -0.1) is 0 Å². The molecule has 0 aromatic heterocycles. The lowest BCUT2D eigenvalue weighted by molar-refractivity contribution is -0.137. The van der Waals surface area contributed by atoms with Crippen molar-refractivity contribution in [1.29, 1.82) is 0 Å². The maximum atomic E-state index is 12.2. The fourth-order valence-electron chi connectivity index (χ4n) is 2.82. The highest BCUT2D eigenvalue weighted by atomic mass is 16.2. The Morgan fingerprint density at radius 3 is 2.50 bits per heavy atom. The number of ketones is 1. The zero-order valence-electron chi connectivity index (χ0n) is 9.65. The number of carbonyl (C=O) groups excluding carboxylic acids is 2. The lowest BCUT2D eigenvalue weighted by atomic mass is 9.81. The largest absolute Gasteiger partial charge is 0.319 e. The molecule has 1 amide bonds. The first-order chi connectivity index (χ1) is 7.74. The minimum absolute atomic E-state index is 0.0365. The SMILES string of the molecule is C=CN1CCC(C(=O)C2CCCCC2)C1=O. The molecule has 1 heterocycles. The minimum Gasteiger partial charge on any atom is -0.319 e. The first-order valence-electron chi connectivity index (χ1n) is 6.21. The van der Waals surface area contributed by atoms with Gasteiger partial charge in [0.25, 0.3) is 0 Å². The van der Waals surface area contributed by atoms with Crippen LogP contribution in [0.5, 0.6) is 0 Å². The standard InChI is InChI=1S/C13H19NO2/c1-2-14-9-8-11(13(14)16)12(15)10-6-4-3-5-7-10/h2,10-11H,1,3-9H2. The molecule has 1 aliphatic heterocycles. The summed E-state index contributed by atoms with van der Waals surface area (Å²) in [6.07, 6.45) is 7.70. The van der Waals surface area contributed by atoms with E-state index in [2.05, 4.69) is 6.58 Å². The van der Waals surface area contributed by atoms with Gasteiger partial charge in [0, 0.05) is 12.5 Å². The second-order valence-electron chi connectivity index (χ2n) is 4.79. The van der Waals surface area contributed by atoms with Crippen LogP contribution in [-0.4, -0.2) is 23.1 Å². The molecule has 0 aromatic rings. The summed E-state index contributed by atoms with van der Waals surface area (Å²) in [4.78, 5) is 25.6. The monoisotopic (exact) mass is 221 g/mol. The fraction of sp³-hybridized carbons (Fsp3) is 0.692. The zero-order chi connectivity index (χ0) is 11.5. The van der Waals surface area contributed by atoms with Gasteiger partial charge in [-0.1, -0.05) is 25.8 Å². The number of hydrogen-bond donors (Lipinski definition) is 0. The maximum Gasteiger partial charge on any atom is 0.237 e. The van der Waals surface area contributed by atoms with Crippen LogP contribution in [0.1, 0.15) is 38.5 Å². The van der Waals surface area contributed by atoms with Crippen molar-refractivity contribution < 1.29 is 9.59 Å². The molecule has 3 nitrogen and oxygen atoms in total. The van der Waals surface area contributed by atoms with Gasteiger partial charge >= 0.3 is 0 Å². The second kappa shape index (κ2) is 4.81. The van der Waals surface area contributed by atoms with E-state index in [9.17, 15) is 9.59 Å². The van der Waals surface area contributed by atoms with Crippen LogP contribution in [0.3, 0.4) is 0 Å². The van der Waals surface area contributed by atoms with E-state index in [1.165, 1.54) is 12.6 Å². The highest BCUT2D eigenvalue weighted by Gasteiger charge is 2.38. The molecule has 1 saturated carbocycles. The average Bonchev–Trinajstić information content (AvgIpc) is 2.70. The van der Waals surface area contributed by atoms with Crippen molar-refractivity contribution >= 4 is 11.7 Å². The van der Waals surface area contributed by atoms with Gasteiger partial charge in [-0.2, -0.15) is 0 Å². The third-order valence-corrected chi connectivity index (χ3v) is 3.81. The quantitative estimate of drug-likeness (QED) is 0.685. The van der Waals surface area contributed by atoms with Crippen LogP contribution < -0.4 is 0 Å². The van der Waals surface area contributed by atoms with E-state index >= 15 is 0 Å². The molecule has 0 aromatic carbocycles. The summed E-state index contributed by atoms with van der Waals surface area (Å²) in [5.41, 5.74) is 0. The molecule has 88 valence electrons. The van der Waals surface area contributed by atoms with Crippen molar-refractivity contribution in [2.75, 3.05) is 6.54 Å². The van der Waals surface area contributed by atoms with Gasteiger partial charge in [-0.25, -0.2) is 0 Å². The predicted molar refractivity (Wildman–Crippen MR) is 61.6 cm³/mol. The summed E-state index contributed by atoms with van der Waals surface area (Å²) in [6, 6.07) is 0. The molecular formula is C13H19NO2. The van der Waals surface area contributed by atoms with Crippen molar-refractivity contribution in [3.05, 3.63) is 12.8 Å². The minimum atomic E-state index is -0.374. The van der Waals surface area contributed by atoms with E-state index in [0.29, 0.717) is 13.0 Å². The molecule has 2 fully saturated rings. The molecule has 1 aliphatic carbocycles. The first-order valence-corrected chi connectivity index (χ1v) is 6.21. The lowest BCUT2D eigenvalue weighted by Gasteiger charge is -2.22. The molecule has 1 saturated heterocycles. The van der Waals surface area contributed by atoms with Gasteiger partial charge in [0.1, 0.15) is 5.78 Å². The van der Waals surface area contributed by atoms with Crippen LogP contribution in [0.15, 0.2) is 12.8 Å². The number of hydrogen-bond acceptors (Lipinski definition) is 2. The third-order valence-electron chi connectivity index (χ3n) is 3.81. The summed E-state index contributed by atoms with van der Waals surface area (Å²) in [5.74, 6) is -0.0758. The predicted octanol–water partition coefficient (Wildman–Crippen LogP) is 2.13. The van der Waals surface area contributed by atoms with Crippen LogP contribution >= 0.6 is 0 Å². The topological polar surface area (TPSA) is 37.4 Å². The Balaban J connectivity index is 1.99. The Morgan fingerprint density at radius 2 is 1.94 bits per heavy atom. The Morgan fingerprint density at radius 1 is 1.25 bits per heavy atom. The fourth-order valence-corrected chi connectivity index (χ4v) is 2.82. The molecule has 16 heavy (non-hydrogen) atoms. The molecule has 0 N–H and O–H groups in total. The van der Waals surface area contributed by atoms with Gasteiger partial charge in [0.05, 0.1) is 5.92 Å². The first kappa shape index (κ1) is 11.4. The lowest BCUT2D eigenvalue weighted by Crippen LogP contribution is -2.31. The molecule has 0 radical (unpaired) electrons. The van der Waals surface area contributed by atoms with E-state index in [1.807, 2.05) is 0 Å². The average molecular weight is 221 g/mol. The van der Waals surface area contributed by atoms with Crippen molar-refractivity contribution in [2.45, 2.75) is 38.5 Å². The zero-order valence-corrected chi connectivity index (χ0v) is 9.65. The normalized spacial score (nSPS) is 27.1. The van der Waals surface area contributed by atoms with Crippen LogP contribution in [0, 0.1) is 11.8 Å². The van der Waals surface area contributed by atoms with E-state index < -0.39 is 0 Å². The molecular weight excluding hydrogens is 202 g/mol. The Hall–Kier alpha value is -1.12. The van der Waals surface area contributed by atoms with Gasteiger partial charge in [0.15, 0.2) is 0 Å². The summed E-state index contributed by atoms with van der Waals surface area (Å²) in [6.45, 7) is 4.25. The number of nitrogens with zero attached hydrogens (tertiary/aromatic N) is 1. The second-order valence-corrected chi connectivity index (χ2v) is 4.79. The van der Waals surface area contributed by atoms with Crippen molar-refractivity contribution in [2.24, 2.45) is 11.8 Å². The van der Waals surface area contributed by atoms with E-state index in [-0.39, 0.29) is 23.5 Å². The molecule has 0 bridgehead atoms. The highest BCUT2D eigenvalue weighted by Crippen LogP contribution is 2.30. The molecule has 3 heteroatoms. The number of carbonyl (C=O) groups is 2.